The van der Waals surface area contributed by atoms with Crippen molar-refractivity contribution in [2.75, 3.05) is 4.72 Å². The number of anilines is 1. The van der Waals surface area contributed by atoms with Gasteiger partial charge in [-0.25, -0.2) is 13.2 Å². The number of alkyl halides is 3. The number of amides is 1. The number of nitrogens with one attached hydrogen (secondary N) is 1. The number of carbonyl (C=O) groups excluding carboxylic acids is 2. The van der Waals surface area contributed by atoms with Crippen LogP contribution in [0.2, 0.25) is 0 Å². The Labute approximate surface area is 158 Å². The van der Waals surface area contributed by atoms with Gasteiger partial charge >= 0.3 is 12.1 Å². The predicted molar refractivity (Wildman–Crippen MR) is 92.8 cm³/mol. The van der Waals surface area contributed by atoms with E-state index in [-0.39, 0.29) is 16.1 Å². The molecule has 0 bridgehead atoms. The minimum absolute atomic E-state index is 0.181. The standard InChI is InChI=1S/C17H15F3N2O5S/c1-10(15(21)23)27-16(24)11-4-2-7-14(8-11)28(25,26)22-13-6-3-5-12(9-13)17(18,19)20/h2-10,22H,1H3,(H2,21,23)/t10-/m1/s1. The number of benzene rings is 2. The zero-order valence-corrected chi connectivity index (χ0v) is 15.2. The quantitative estimate of drug-likeness (QED) is 0.702. The molecule has 0 aliphatic carbocycles. The maximum absolute atomic E-state index is 12.8. The van der Waals surface area contributed by atoms with Crippen LogP contribution in [0.3, 0.4) is 0 Å². The van der Waals surface area contributed by atoms with E-state index in [2.05, 4.69) is 0 Å². The van der Waals surface area contributed by atoms with Gasteiger partial charge in [0.25, 0.3) is 15.9 Å². The SMILES string of the molecule is C[C@@H](OC(=O)c1cccc(S(=O)(=O)Nc2cccc(C(F)(F)F)c2)c1)C(N)=O. The van der Waals surface area contributed by atoms with E-state index in [0.29, 0.717) is 6.07 Å². The van der Waals surface area contributed by atoms with E-state index in [1.54, 1.807) is 0 Å². The van der Waals surface area contributed by atoms with Crippen molar-refractivity contribution in [1.29, 1.82) is 0 Å². The third-order valence-corrected chi connectivity index (χ3v) is 4.89. The average Bonchev–Trinajstić information content (AvgIpc) is 2.60. The molecule has 0 aromatic heterocycles. The van der Waals surface area contributed by atoms with Gasteiger partial charge in [-0.15, -0.1) is 0 Å². The van der Waals surface area contributed by atoms with Crippen molar-refractivity contribution in [2.24, 2.45) is 5.73 Å². The Balaban J connectivity index is 2.27. The smallest absolute Gasteiger partial charge is 0.416 e. The maximum Gasteiger partial charge on any atom is 0.416 e. The van der Waals surface area contributed by atoms with Gasteiger partial charge in [0, 0.05) is 5.69 Å². The van der Waals surface area contributed by atoms with E-state index in [0.717, 1.165) is 30.3 Å². The van der Waals surface area contributed by atoms with Crippen molar-refractivity contribution in [3.8, 4) is 0 Å². The van der Waals surface area contributed by atoms with Crippen LogP contribution in [0.5, 0.6) is 0 Å². The maximum atomic E-state index is 12.8. The van der Waals surface area contributed by atoms with Crippen molar-refractivity contribution >= 4 is 27.6 Å². The minimum atomic E-state index is -4.64. The van der Waals surface area contributed by atoms with Gasteiger partial charge in [-0.1, -0.05) is 12.1 Å². The molecule has 0 unspecified atom stereocenters. The number of ether oxygens (including phenoxy) is 1. The third kappa shape index (κ3) is 5.22. The Morgan fingerprint density at radius 2 is 1.75 bits per heavy atom. The van der Waals surface area contributed by atoms with Gasteiger partial charge in [0.15, 0.2) is 6.10 Å². The van der Waals surface area contributed by atoms with E-state index in [1.165, 1.54) is 19.1 Å². The minimum Gasteiger partial charge on any atom is -0.449 e. The predicted octanol–water partition coefficient (Wildman–Crippen LogP) is 2.54. The lowest BCUT2D eigenvalue weighted by Crippen LogP contribution is -2.30. The van der Waals surface area contributed by atoms with Crippen LogP contribution in [0.15, 0.2) is 53.4 Å². The molecule has 0 spiro atoms. The molecule has 0 saturated carbocycles. The molecule has 0 saturated heterocycles. The van der Waals surface area contributed by atoms with E-state index in [4.69, 9.17) is 10.5 Å². The number of hydrogen-bond donors (Lipinski definition) is 2. The van der Waals surface area contributed by atoms with E-state index in [1.807, 2.05) is 4.72 Å². The summed E-state index contributed by atoms with van der Waals surface area (Å²) in [6, 6.07) is 8.25. The zero-order valence-electron chi connectivity index (χ0n) is 14.4. The number of primary amides is 1. The van der Waals surface area contributed by atoms with Crippen molar-refractivity contribution in [3.05, 3.63) is 59.7 Å². The van der Waals surface area contributed by atoms with Crippen LogP contribution in [0.4, 0.5) is 18.9 Å². The Morgan fingerprint density at radius 3 is 2.36 bits per heavy atom. The van der Waals surface area contributed by atoms with Gasteiger partial charge in [0.2, 0.25) is 0 Å². The van der Waals surface area contributed by atoms with Gasteiger partial charge in [-0.2, -0.15) is 13.2 Å². The number of hydrogen-bond acceptors (Lipinski definition) is 5. The Morgan fingerprint density at radius 1 is 1.11 bits per heavy atom. The second-order valence-electron chi connectivity index (χ2n) is 5.66. The first-order valence-corrected chi connectivity index (χ1v) is 9.19. The first-order valence-electron chi connectivity index (χ1n) is 7.70. The van der Waals surface area contributed by atoms with Crippen LogP contribution in [0.25, 0.3) is 0 Å². The molecule has 2 aromatic carbocycles. The molecule has 1 amide bonds. The Hall–Kier alpha value is -3.08. The lowest BCUT2D eigenvalue weighted by molar-refractivity contribution is -0.137. The fourth-order valence-corrected chi connectivity index (χ4v) is 3.14. The van der Waals surface area contributed by atoms with Crippen LogP contribution in [-0.4, -0.2) is 26.4 Å². The molecule has 2 rings (SSSR count). The molecule has 0 fully saturated rings. The molecule has 0 radical (unpaired) electrons. The van der Waals surface area contributed by atoms with Crippen LogP contribution in [0, 0.1) is 0 Å². The zero-order chi connectivity index (χ0) is 21.1. The summed E-state index contributed by atoms with van der Waals surface area (Å²) in [7, 11) is -4.29. The van der Waals surface area contributed by atoms with Crippen molar-refractivity contribution in [1.82, 2.24) is 0 Å². The molecule has 3 N–H and O–H groups in total. The van der Waals surface area contributed by atoms with Gasteiger partial charge in [0.1, 0.15) is 0 Å². The first-order chi connectivity index (χ1) is 12.9. The summed E-state index contributed by atoms with van der Waals surface area (Å²) < 4.78 is 70.0. The fourth-order valence-electron chi connectivity index (χ4n) is 2.05. The average molecular weight is 416 g/mol. The van der Waals surface area contributed by atoms with Gasteiger partial charge in [0.05, 0.1) is 16.0 Å². The second-order valence-corrected chi connectivity index (χ2v) is 7.34. The Bertz CT molecular complexity index is 1010. The van der Waals surface area contributed by atoms with E-state index < -0.39 is 39.7 Å². The van der Waals surface area contributed by atoms with Crippen LogP contribution in [-0.2, 0) is 25.7 Å². The topological polar surface area (TPSA) is 116 Å². The molecule has 0 aliphatic rings. The molecule has 2 aromatic rings. The molecule has 0 aliphatic heterocycles. The number of halogens is 3. The van der Waals surface area contributed by atoms with Gasteiger partial charge in [-0.05, 0) is 43.3 Å². The summed E-state index contributed by atoms with van der Waals surface area (Å²) in [5.74, 6) is -1.87. The second kappa shape index (κ2) is 7.89. The highest BCUT2D eigenvalue weighted by molar-refractivity contribution is 7.92. The summed E-state index contributed by atoms with van der Waals surface area (Å²) in [5, 5.41) is 0. The lowest BCUT2D eigenvalue weighted by Gasteiger charge is -2.12. The highest BCUT2D eigenvalue weighted by atomic mass is 32.2. The molecular formula is C17H15F3N2O5S. The van der Waals surface area contributed by atoms with Crippen molar-refractivity contribution in [2.45, 2.75) is 24.1 Å². The van der Waals surface area contributed by atoms with Crippen LogP contribution >= 0.6 is 0 Å². The molecule has 1 atom stereocenters. The monoisotopic (exact) mass is 416 g/mol. The van der Waals surface area contributed by atoms with Crippen molar-refractivity contribution < 1.29 is 35.9 Å². The first kappa shape index (κ1) is 21.2. The third-order valence-electron chi connectivity index (χ3n) is 3.51. The van der Waals surface area contributed by atoms with E-state index >= 15 is 0 Å². The summed E-state index contributed by atoms with van der Waals surface area (Å²) in [4.78, 5) is 22.6. The number of nitrogens with two attached hydrogens (primary N) is 1. The molecule has 11 heteroatoms. The van der Waals surface area contributed by atoms with Gasteiger partial charge < -0.3 is 10.5 Å². The molecule has 150 valence electrons. The molecular weight excluding hydrogens is 401 g/mol. The van der Waals surface area contributed by atoms with E-state index in [9.17, 15) is 31.2 Å². The largest absolute Gasteiger partial charge is 0.449 e. The molecule has 7 nitrogen and oxygen atoms in total. The van der Waals surface area contributed by atoms with Gasteiger partial charge in [-0.3, -0.25) is 9.52 Å². The highest BCUT2D eigenvalue weighted by Crippen LogP contribution is 2.31. The fraction of sp³-hybridized carbons (Fsp3) is 0.176. The summed E-state index contributed by atoms with van der Waals surface area (Å²) >= 11 is 0. The number of sulfonamides is 1. The Kier molecular flexibility index (Phi) is 5.98. The number of carbonyl (C=O) groups is 2. The lowest BCUT2D eigenvalue weighted by atomic mass is 10.2. The molecule has 0 heterocycles. The highest BCUT2D eigenvalue weighted by Gasteiger charge is 2.30. The summed E-state index contributed by atoms with van der Waals surface area (Å²) in [5.41, 5.74) is 3.48. The summed E-state index contributed by atoms with van der Waals surface area (Å²) in [6.45, 7) is 1.25. The molecule has 28 heavy (non-hydrogen) atoms. The van der Waals surface area contributed by atoms with Crippen LogP contribution in [0.1, 0.15) is 22.8 Å². The van der Waals surface area contributed by atoms with Crippen LogP contribution < -0.4 is 10.5 Å². The van der Waals surface area contributed by atoms with Crippen molar-refractivity contribution in [3.63, 3.8) is 0 Å². The normalized spacial score (nSPS) is 12.9. The number of esters is 1. The summed E-state index contributed by atoms with van der Waals surface area (Å²) in [6.07, 6.45) is -5.86. The number of rotatable bonds is 6.